The molecule has 9 aromatic rings. The van der Waals surface area contributed by atoms with Crippen molar-refractivity contribution in [2.24, 2.45) is 5.73 Å². The fourth-order valence-electron chi connectivity index (χ4n) is 6.77. The van der Waals surface area contributed by atoms with Crippen LogP contribution in [0.5, 0.6) is 5.88 Å². The summed E-state index contributed by atoms with van der Waals surface area (Å²) in [5.74, 6) is 0.435. The third-order valence-corrected chi connectivity index (χ3v) is 10.3. The van der Waals surface area contributed by atoms with Crippen LogP contribution in [0, 0.1) is 11.3 Å². The number of rotatable bonds is 12. The molecule has 9 heterocycles. The number of pyridine rings is 6. The highest BCUT2D eigenvalue weighted by atomic mass is 19.4. The Bertz CT molecular complexity index is 3390. The Morgan fingerprint density at radius 1 is 0.644 bits per heavy atom. The Morgan fingerprint density at radius 2 is 1.08 bits per heavy atom. The Labute approximate surface area is 405 Å². The molecule has 380 valence electrons. The summed E-state index contributed by atoms with van der Waals surface area (Å²) in [7, 11) is 1.64. The summed E-state index contributed by atoms with van der Waals surface area (Å²) in [6, 6.07) is 17.8. The normalized spacial score (nSPS) is 12.6. The Morgan fingerprint density at radius 3 is 1.52 bits per heavy atom. The first-order valence-electron chi connectivity index (χ1n) is 21.2. The molecule has 28 heteroatoms. The first kappa shape index (κ1) is 52.3. The first-order chi connectivity index (χ1) is 34.6. The van der Waals surface area contributed by atoms with Gasteiger partial charge in [-0.25, -0.2) is 29.9 Å². The second kappa shape index (κ2) is 21.4. The second-order valence-corrected chi connectivity index (χ2v) is 15.9. The molecule has 9 rings (SSSR count). The standard InChI is InChI=1S/C16H16F3N5O2.C15H14F3N5O.C14H9F3N6/c1-15(20,7-25)8-26-11-5-4-10(16(17,18)19)13(22-11)12-9-3-2-6-21-14(9)24-23-12;1-23(7-8-24)11-5-4-10(15(16,17)18)13(20-11)12-9-3-2-6-19-14(9)22-21-12;15-14(16,17)9-3-4-10(19-7-5-18)21-12(9)11-8-2-1-6-20-13(8)23-22-11/h2-6,25H,7-8,20H2,1H3,(H,21,23,24);2-6,24H,7-8H2,1H3,(H,19,21,22);1-4,6H,7H2,(H,19,21)(H,20,22,23). The van der Waals surface area contributed by atoms with Gasteiger partial charge in [0.05, 0.1) is 58.6 Å². The maximum absolute atomic E-state index is 13.4. The van der Waals surface area contributed by atoms with Gasteiger partial charge in [-0.15, -0.1) is 0 Å². The fraction of sp³-hybridized carbons (Fsp3) is 0.244. The number of hydrogen-bond acceptors (Lipinski definition) is 16. The number of fused-ring (bicyclic) bond motifs is 3. The maximum Gasteiger partial charge on any atom is 0.418 e. The van der Waals surface area contributed by atoms with Crippen molar-refractivity contribution in [3.05, 3.63) is 108 Å². The lowest BCUT2D eigenvalue weighted by Crippen LogP contribution is -2.46. The highest BCUT2D eigenvalue weighted by molar-refractivity contribution is 5.92. The van der Waals surface area contributed by atoms with Crippen LogP contribution in [0.15, 0.2) is 91.4 Å². The number of aromatic amines is 3. The number of alkyl halides is 9. The van der Waals surface area contributed by atoms with Gasteiger partial charge in [-0.05, 0) is 73.7 Å². The van der Waals surface area contributed by atoms with Crippen LogP contribution < -0.4 is 20.7 Å². The fourth-order valence-corrected chi connectivity index (χ4v) is 6.77. The number of nitriles is 1. The number of aromatic nitrogens is 12. The van der Waals surface area contributed by atoms with Crippen LogP contribution >= 0.6 is 0 Å². The van der Waals surface area contributed by atoms with E-state index in [-0.39, 0.29) is 84.4 Å². The molecule has 0 radical (unpaired) electrons. The number of halogens is 9. The lowest BCUT2D eigenvalue weighted by Gasteiger charge is -2.22. The molecule has 0 saturated carbocycles. The van der Waals surface area contributed by atoms with Crippen LogP contribution in [0.4, 0.5) is 51.1 Å². The molecule has 9 aromatic heterocycles. The van der Waals surface area contributed by atoms with Crippen molar-refractivity contribution in [1.82, 2.24) is 60.5 Å². The van der Waals surface area contributed by atoms with E-state index in [0.717, 1.165) is 24.3 Å². The second-order valence-electron chi connectivity index (χ2n) is 15.9. The van der Waals surface area contributed by atoms with E-state index in [1.807, 2.05) is 6.07 Å². The summed E-state index contributed by atoms with van der Waals surface area (Å²) in [5, 5.41) is 50.1. The molecule has 0 aliphatic carbocycles. The Kier molecular flexibility index (Phi) is 15.3. The zero-order valence-electron chi connectivity index (χ0n) is 37.9. The number of nitrogens with two attached hydrogens (primary N) is 1. The molecule has 73 heavy (non-hydrogen) atoms. The minimum Gasteiger partial charge on any atom is -0.476 e. The molecule has 0 aliphatic rings. The van der Waals surface area contributed by atoms with Gasteiger partial charge in [0.15, 0.2) is 16.9 Å². The van der Waals surface area contributed by atoms with Gasteiger partial charge in [0, 0.05) is 54.4 Å². The van der Waals surface area contributed by atoms with E-state index in [9.17, 15) is 39.5 Å². The molecule has 0 spiro atoms. The van der Waals surface area contributed by atoms with E-state index in [4.69, 9.17) is 25.9 Å². The lowest BCUT2D eigenvalue weighted by molar-refractivity contribution is -0.138. The highest BCUT2D eigenvalue weighted by Crippen LogP contribution is 2.41. The van der Waals surface area contributed by atoms with Gasteiger partial charge >= 0.3 is 18.5 Å². The highest BCUT2D eigenvalue weighted by Gasteiger charge is 2.38. The Hall–Kier alpha value is -8.55. The lowest BCUT2D eigenvalue weighted by atomic mass is 10.1. The predicted octanol–water partition coefficient (Wildman–Crippen LogP) is 7.57. The molecular weight excluding hydrogens is 984 g/mol. The molecule has 1 unspecified atom stereocenters. The summed E-state index contributed by atoms with van der Waals surface area (Å²) in [6.45, 7) is 1.13. The van der Waals surface area contributed by atoms with E-state index in [0.29, 0.717) is 33.3 Å². The first-order valence-corrected chi connectivity index (χ1v) is 21.2. The van der Waals surface area contributed by atoms with Gasteiger partial charge in [-0.1, -0.05) is 0 Å². The number of nitrogens with one attached hydrogen (secondary N) is 4. The molecule has 0 fully saturated rings. The van der Waals surface area contributed by atoms with Crippen LogP contribution in [0.3, 0.4) is 0 Å². The Balaban J connectivity index is 0.000000161. The van der Waals surface area contributed by atoms with E-state index < -0.39 is 40.8 Å². The van der Waals surface area contributed by atoms with Crippen molar-refractivity contribution in [3.8, 4) is 46.1 Å². The van der Waals surface area contributed by atoms with Gasteiger partial charge in [0.2, 0.25) is 5.88 Å². The van der Waals surface area contributed by atoms with E-state index in [1.54, 1.807) is 55.3 Å². The number of ether oxygens (including phenoxy) is 1. The molecule has 8 N–H and O–H groups in total. The molecule has 1 atom stereocenters. The van der Waals surface area contributed by atoms with Gasteiger partial charge in [0.1, 0.15) is 41.9 Å². The largest absolute Gasteiger partial charge is 0.476 e. The third kappa shape index (κ3) is 12.1. The van der Waals surface area contributed by atoms with Gasteiger partial charge in [-0.3, -0.25) is 15.3 Å². The number of aliphatic hydroxyl groups is 2. The SMILES string of the molecule is CC(N)(CO)COc1ccc(C(F)(F)F)c(-c2[nH]nc3ncccc23)n1.CN(CCO)c1ccc(C(F)(F)F)c(-c2[nH]nc3ncccc23)n1.N#CCNc1ccc(C(F)(F)F)c(-c2[nH]nc3ncccc23)n1. The van der Waals surface area contributed by atoms with Crippen molar-refractivity contribution >= 4 is 44.7 Å². The number of hydrogen-bond donors (Lipinski definition) is 7. The van der Waals surface area contributed by atoms with Crippen molar-refractivity contribution in [3.63, 3.8) is 0 Å². The number of H-pyrrole nitrogens is 3. The minimum atomic E-state index is -4.62. The van der Waals surface area contributed by atoms with Crippen LogP contribution in [0.1, 0.15) is 23.6 Å². The summed E-state index contributed by atoms with van der Waals surface area (Å²) in [4.78, 5) is 25.7. The van der Waals surface area contributed by atoms with Crippen molar-refractivity contribution < 1.29 is 54.5 Å². The summed E-state index contributed by atoms with van der Waals surface area (Å²) in [6.07, 6.45) is -9.26. The average Bonchev–Trinajstić information content (AvgIpc) is 4.12. The molecule has 19 nitrogen and oxygen atoms in total. The number of anilines is 2. The van der Waals surface area contributed by atoms with Gasteiger partial charge < -0.3 is 30.9 Å². The number of likely N-dealkylation sites (N-methyl/N-ethyl adjacent to an activating group) is 1. The van der Waals surface area contributed by atoms with E-state index >= 15 is 0 Å². The molecule has 0 saturated heterocycles. The number of aliphatic hydroxyl groups excluding tert-OH is 2. The molecule has 0 amide bonds. The van der Waals surface area contributed by atoms with Crippen LogP contribution in [0.25, 0.3) is 67.3 Å². The molecule has 0 aromatic carbocycles. The zero-order valence-corrected chi connectivity index (χ0v) is 37.9. The van der Waals surface area contributed by atoms with Crippen molar-refractivity contribution in [2.75, 3.05) is 50.2 Å². The monoisotopic (exact) mass is 1020 g/mol. The quantitative estimate of drug-likeness (QED) is 0.0459. The minimum absolute atomic E-state index is 0.0511. The van der Waals surface area contributed by atoms with Crippen LogP contribution in [-0.2, 0) is 18.5 Å². The third-order valence-electron chi connectivity index (χ3n) is 10.3. The van der Waals surface area contributed by atoms with Gasteiger partial charge in [-0.2, -0.15) is 60.1 Å². The van der Waals surface area contributed by atoms with E-state index in [2.05, 4.69) is 65.8 Å². The predicted molar refractivity (Wildman–Crippen MR) is 246 cm³/mol. The van der Waals surface area contributed by atoms with Crippen LogP contribution in [0.2, 0.25) is 0 Å². The number of nitrogens with zero attached hydrogens (tertiary/aromatic N) is 11. The average molecular weight is 1020 g/mol. The van der Waals surface area contributed by atoms with Crippen molar-refractivity contribution in [1.29, 1.82) is 5.26 Å². The van der Waals surface area contributed by atoms with E-state index in [1.165, 1.54) is 30.7 Å². The maximum atomic E-state index is 13.4. The zero-order chi connectivity index (χ0) is 52.7. The smallest absolute Gasteiger partial charge is 0.418 e. The molecule has 0 aliphatic heterocycles. The summed E-state index contributed by atoms with van der Waals surface area (Å²) >= 11 is 0. The van der Waals surface area contributed by atoms with Crippen molar-refractivity contribution in [2.45, 2.75) is 31.0 Å². The topological polar surface area (TPSA) is 278 Å². The molecular formula is C45H39F9N16O3. The molecule has 0 bridgehead atoms. The summed E-state index contributed by atoms with van der Waals surface area (Å²) < 4.78 is 126. The van der Waals surface area contributed by atoms with Gasteiger partial charge in [0.25, 0.3) is 0 Å². The van der Waals surface area contributed by atoms with Crippen LogP contribution in [-0.4, -0.2) is 116 Å². The summed E-state index contributed by atoms with van der Waals surface area (Å²) in [5.41, 5.74) is 2.39.